The van der Waals surface area contributed by atoms with Crippen molar-refractivity contribution in [1.29, 1.82) is 0 Å². The zero-order valence-corrected chi connectivity index (χ0v) is 16.9. The molecule has 0 spiro atoms. The average molecular weight is 528 g/mol. The quantitative estimate of drug-likeness (QED) is 0.362. The van der Waals surface area contributed by atoms with Gasteiger partial charge in [0.2, 0.25) is 0 Å². The molecule has 0 amide bonds. The Labute approximate surface area is 188 Å². The summed E-state index contributed by atoms with van der Waals surface area (Å²) >= 11 is 5.73. The third-order valence-corrected chi connectivity index (χ3v) is 5.32. The lowest BCUT2D eigenvalue weighted by Gasteiger charge is -2.37. The number of hydrogen-bond acceptors (Lipinski definition) is 1. The summed E-state index contributed by atoms with van der Waals surface area (Å²) < 4.78 is 162. The Hall–Kier alpha value is -2.57. The van der Waals surface area contributed by atoms with Crippen LogP contribution in [0.1, 0.15) is 16.7 Å². The normalized spacial score (nSPS) is 16.9. The van der Waals surface area contributed by atoms with Gasteiger partial charge < -0.3 is 4.90 Å². The van der Waals surface area contributed by atoms with Gasteiger partial charge in [0.05, 0.1) is 16.3 Å². The molecule has 0 bridgehead atoms. The summed E-state index contributed by atoms with van der Waals surface area (Å²) in [5.74, 6) is -7.15. The third-order valence-electron chi connectivity index (χ3n) is 5.03. The molecule has 34 heavy (non-hydrogen) atoms. The molecule has 2 aromatic carbocycles. The molecule has 1 aliphatic heterocycles. The van der Waals surface area contributed by atoms with Crippen LogP contribution < -0.4 is 4.90 Å². The second kappa shape index (κ2) is 7.99. The van der Waals surface area contributed by atoms with Crippen molar-refractivity contribution in [3.8, 4) is 0 Å². The maximum Gasteiger partial charge on any atom is 0.457 e. The van der Waals surface area contributed by atoms with Gasteiger partial charge in [-0.3, -0.25) is 0 Å². The number of fused-ring (bicyclic) bond motifs is 1. The van der Waals surface area contributed by atoms with Crippen LogP contribution in [0.25, 0.3) is 6.08 Å². The molecular formula is C20H10ClF12N. The highest BCUT2D eigenvalue weighted by Gasteiger charge is 2.82. The molecule has 0 saturated carbocycles. The molecule has 1 heterocycles. The van der Waals surface area contributed by atoms with Gasteiger partial charge in [0.1, 0.15) is 0 Å². The molecule has 0 saturated heterocycles. The van der Waals surface area contributed by atoms with E-state index in [-0.39, 0.29) is 18.3 Å². The van der Waals surface area contributed by atoms with Crippen LogP contribution in [0.4, 0.5) is 64.1 Å². The van der Waals surface area contributed by atoms with E-state index in [9.17, 15) is 52.7 Å². The van der Waals surface area contributed by atoms with Crippen molar-refractivity contribution >= 4 is 29.1 Å². The Morgan fingerprint density at radius 2 is 1.35 bits per heavy atom. The summed E-state index contributed by atoms with van der Waals surface area (Å²) in [6, 6.07) is 4.67. The second-order valence-electron chi connectivity index (χ2n) is 7.15. The van der Waals surface area contributed by atoms with Crippen LogP contribution in [-0.4, -0.2) is 24.8 Å². The van der Waals surface area contributed by atoms with Gasteiger partial charge in [-0.15, -0.1) is 0 Å². The fraction of sp³-hybridized carbons (Fsp3) is 0.300. The van der Waals surface area contributed by atoms with E-state index in [1.165, 1.54) is 36.4 Å². The summed E-state index contributed by atoms with van der Waals surface area (Å²) in [5, 5.41) is -1.32. The second-order valence-corrected chi connectivity index (χ2v) is 7.56. The maximum absolute atomic E-state index is 14.8. The van der Waals surface area contributed by atoms with Gasteiger partial charge >= 0.3 is 30.1 Å². The fourth-order valence-electron chi connectivity index (χ4n) is 3.48. The minimum atomic E-state index is -7.15. The maximum atomic E-state index is 14.8. The van der Waals surface area contributed by atoms with Crippen LogP contribution in [0.5, 0.6) is 0 Å². The van der Waals surface area contributed by atoms with E-state index in [0.29, 0.717) is 5.56 Å². The summed E-state index contributed by atoms with van der Waals surface area (Å²) in [7, 11) is 0. The van der Waals surface area contributed by atoms with Crippen molar-refractivity contribution in [3.05, 3.63) is 64.2 Å². The van der Waals surface area contributed by atoms with E-state index < -0.39 is 58.0 Å². The Morgan fingerprint density at radius 1 is 0.765 bits per heavy atom. The van der Waals surface area contributed by atoms with Crippen LogP contribution >= 0.6 is 11.6 Å². The molecule has 0 aliphatic carbocycles. The molecule has 2 aromatic rings. The third kappa shape index (κ3) is 3.97. The van der Waals surface area contributed by atoms with Crippen molar-refractivity contribution in [2.45, 2.75) is 30.1 Å². The number of rotatable bonds is 3. The number of hydrogen-bond donors (Lipinski definition) is 0. The van der Waals surface area contributed by atoms with Gasteiger partial charge in [-0.05, 0) is 23.8 Å². The minimum Gasteiger partial charge on any atom is -0.335 e. The zero-order chi connectivity index (χ0) is 25.9. The zero-order valence-electron chi connectivity index (χ0n) is 16.2. The lowest BCUT2D eigenvalue weighted by Crippen LogP contribution is -2.59. The topological polar surface area (TPSA) is 3.24 Å². The van der Waals surface area contributed by atoms with E-state index in [4.69, 9.17) is 11.6 Å². The lowest BCUT2D eigenvalue weighted by atomic mass is 9.86. The van der Waals surface area contributed by atoms with Crippen LogP contribution in [0, 0.1) is 0 Å². The molecular weight excluding hydrogens is 518 g/mol. The van der Waals surface area contributed by atoms with Crippen LogP contribution in [-0.2, 0) is 11.8 Å². The largest absolute Gasteiger partial charge is 0.457 e. The summed E-state index contributed by atoms with van der Waals surface area (Å²) in [6.07, 6.45) is -16.8. The van der Waals surface area contributed by atoms with Gasteiger partial charge in [-0.25, -0.2) is 4.39 Å². The van der Waals surface area contributed by atoms with E-state index in [2.05, 4.69) is 0 Å². The van der Waals surface area contributed by atoms with Crippen molar-refractivity contribution in [2.75, 3.05) is 11.4 Å². The predicted molar refractivity (Wildman–Crippen MR) is 98.8 cm³/mol. The Balaban J connectivity index is 2.35. The minimum absolute atomic E-state index is 0.0769. The SMILES string of the molecule is FC(F)(F)c1cc(C(F)(C(F)(F)F)C(F)(F)C(F)(F)F)cc(Cl)c1N1CC=Cc2ccccc21. The number of benzene rings is 2. The number of nitrogens with zero attached hydrogens (tertiary/aromatic N) is 1. The standard InChI is InChI=1S/C20H10ClF12N/c21-13-9-11(16(22,19(28,29)30)18(26,27)20(31,32)33)8-12(17(23,24)25)15(13)34-7-3-5-10-4-1-2-6-14(10)34/h1-6,8-9H,7H2. The highest BCUT2D eigenvalue weighted by Crippen LogP contribution is 2.59. The van der Waals surface area contributed by atoms with E-state index in [1.54, 1.807) is 0 Å². The molecule has 14 heteroatoms. The first kappa shape index (κ1) is 26.0. The molecule has 1 aliphatic rings. The molecule has 1 unspecified atom stereocenters. The van der Waals surface area contributed by atoms with Crippen molar-refractivity contribution < 1.29 is 52.7 Å². The molecule has 186 valence electrons. The van der Waals surface area contributed by atoms with Crippen molar-refractivity contribution in [2.24, 2.45) is 0 Å². The molecule has 3 rings (SSSR count). The van der Waals surface area contributed by atoms with E-state index >= 15 is 0 Å². The number of para-hydroxylation sites is 1. The first-order valence-electron chi connectivity index (χ1n) is 8.98. The number of alkyl halides is 12. The molecule has 0 N–H and O–H groups in total. The van der Waals surface area contributed by atoms with Gasteiger partial charge in [-0.2, -0.15) is 48.3 Å². The van der Waals surface area contributed by atoms with Crippen molar-refractivity contribution in [3.63, 3.8) is 0 Å². The molecule has 0 radical (unpaired) electrons. The predicted octanol–water partition coefficient (Wildman–Crippen LogP) is 8.45. The lowest BCUT2D eigenvalue weighted by molar-refractivity contribution is -0.389. The molecule has 1 nitrogen and oxygen atoms in total. The van der Waals surface area contributed by atoms with Gasteiger partial charge in [0.15, 0.2) is 0 Å². The monoisotopic (exact) mass is 527 g/mol. The highest BCUT2D eigenvalue weighted by molar-refractivity contribution is 6.33. The summed E-state index contributed by atoms with van der Waals surface area (Å²) in [5.41, 5.74) is -12.0. The Morgan fingerprint density at radius 3 is 1.88 bits per heavy atom. The van der Waals surface area contributed by atoms with Gasteiger partial charge in [0, 0.05) is 17.8 Å². The first-order chi connectivity index (χ1) is 15.3. The summed E-state index contributed by atoms with van der Waals surface area (Å²) in [6.45, 7) is -0.322. The fourth-order valence-corrected chi connectivity index (χ4v) is 3.80. The smallest absolute Gasteiger partial charge is 0.335 e. The molecule has 1 atom stereocenters. The van der Waals surface area contributed by atoms with E-state index in [1.807, 2.05) is 0 Å². The Kier molecular flexibility index (Phi) is 6.12. The number of anilines is 2. The van der Waals surface area contributed by atoms with Gasteiger partial charge in [0.25, 0.3) is 0 Å². The number of halogens is 13. The van der Waals surface area contributed by atoms with Crippen molar-refractivity contribution in [1.82, 2.24) is 0 Å². The van der Waals surface area contributed by atoms with E-state index in [0.717, 1.165) is 4.90 Å². The van der Waals surface area contributed by atoms with Gasteiger partial charge in [-0.1, -0.05) is 42.0 Å². The molecule has 0 fully saturated rings. The first-order valence-corrected chi connectivity index (χ1v) is 9.36. The molecule has 0 aromatic heterocycles. The average Bonchev–Trinajstić information content (AvgIpc) is 2.69. The highest BCUT2D eigenvalue weighted by atomic mass is 35.5. The van der Waals surface area contributed by atoms with Crippen LogP contribution in [0.3, 0.4) is 0 Å². The van der Waals surface area contributed by atoms with Crippen LogP contribution in [0.15, 0.2) is 42.5 Å². The Bertz CT molecular complexity index is 1120. The summed E-state index contributed by atoms with van der Waals surface area (Å²) in [4.78, 5) is 0.861. The van der Waals surface area contributed by atoms with Crippen LogP contribution in [0.2, 0.25) is 5.02 Å².